The van der Waals surface area contributed by atoms with E-state index >= 15 is 0 Å². The molecule has 8 heteroatoms. The van der Waals surface area contributed by atoms with Crippen molar-refractivity contribution in [3.8, 4) is 0 Å². The Balaban J connectivity index is 1.71. The molecule has 0 unspecified atom stereocenters. The van der Waals surface area contributed by atoms with Crippen LogP contribution >= 0.6 is 0 Å². The molecule has 1 fully saturated rings. The lowest BCUT2D eigenvalue weighted by Crippen LogP contribution is -2.43. The van der Waals surface area contributed by atoms with Crippen molar-refractivity contribution in [2.24, 2.45) is 5.92 Å². The average molecular weight is 420 g/mol. The van der Waals surface area contributed by atoms with Crippen LogP contribution in [-0.2, 0) is 19.1 Å². The highest BCUT2D eigenvalue weighted by molar-refractivity contribution is 6.01. The van der Waals surface area contributed by atoms with Gasteiger partial charge in [-0.3, -0.25) is 14.5 Å². The summed E-state index contributed by atoms with van der Waals surface area (Å²) in [6.45, 7) is 6.82. The number of nitrogens with zero attached hydrogens (tertiary/aromatic N) is 1. The molecule has 0 aliphatic carbocycles. The van der Waals surface area contributed by atoms with Crippen molar-refractivity contribution in [2.45, 2.75) is 39.2 Å². The van der Waals surface area contributed by atoms with E-state index in [4.69, 9.17) is 9.47 Å². The summed E-state index contributed by atoms with van der Waals surface area (Å²) >= 11 is 0. The van der Waals surface area contributed by atoms with E-state index in [0.29, 0.717) is 37.5 Å². The smallest absolute Gasteiger partial charge is 0.339 e. The van der Waals surface area contributed by atoms with Gasteiger partial charge in [0.15, 0.2) is 0 Å². The molecule has 1 saturated heterocycles. The Morgan fingerprint density at radius 2 is 1.87 bits per heavy atom. The van der Waals surface area contributed by atoms with Crippen molar-refractivity contribution >= 4 is 23.5 Å². The van der Waals surface area contributed by atoms with Gasteiger partial charge in [0.25, 0.3) is 0 Å². The summed E-state index contributed by atoms with van der Waals surface area (Å²) in [5, 5.41) is 5.76. The molecular weight excluding hydrogens is 386 g/mol. The van der Waals surface area contributed by atoms with Gasteiger partial charge in [0.05, 0.1) is 31.0 Å². The summed E-state index contributed by atoms with van der Waals surface area (Å²) in [6.07, 6.45) is 2.45. The minimum Gasteiger partial charge on any atom is -0.465 e. The first-order chi connectivity index (χ1) is 14.4. The van der Waals surface area contributed by atoms with Gasteiger partial charge < -0.3 is 20.1 Å². The van der Waals surface area contributed by atoms with Crippen LogP contribution in [0.3, 0.4) is 0 Å². The Morgan fingerprint density at radius 3 is 2.53 bits per heavy atom. The van der Waals surface area contributed by atoms with Crippen LogP contribution in [-0.4, -0.2) is 68.7 Å². The number of amides is 2. The summed E-state index contributed by atoms with van der Waals surface area (Å²) < 4.78 is 10.2. The number of benzene rings is 1. The monoisotopic (exact) mass is 419 g/mol. The van der Waals surface area contributed by atoms with E-state index in [9.17, 15) is 14.4 Å². The van der Waals surface area contributed by atoms with Crippen molar-refractivity contribution < 1.29 is 23.9 Å². The van der Waals surface area contributed by atoms with Crippen molar-refractivity contribution in [2.75, 3.05) is 45.2 Å². The SMILES string of the molecule is COC(=O)c1ccccc1NC(=O)CN1CCC(C(=O)NCCCOC(C)C)CC1. The Labute approximate surface area is 178 Å². The van der Waals surface area contributed by atoms with E-state index in [1.165, 1.54) is 7.11 Å². The Hall–Kier alpha value is -2.45. The molecule has 0 atom stereocenters. The number of anilines is 1. The molecule has 1 aromatic carbocycles. The number of hydrogen-bond donors (Lipinski definition) is 2. The molecule has 0 spiro atoms. The number of para-hydroxylation sites is 1. The van der Waals surface area contributed by atoms with Gasteiger partial charge in [0.2, 0.25) is 11.8 Å². The van der Waals surface area contributed by atoms with E-state index < -0.39 is 5.97 Å². The van der Waals surface area contributed by atoms with Crippen molar-refractivity contribution in [3.05, 3.63) is 29.8 Å². The van der Waals surface area contributed by atoms with Crippen LogP contribution in [0.2, 0.25) is 0 Å². The number of nitrogens with one attached hydrogen (secondary N) is 2. The first-order valence-corrected chi connectivity index (χ1v) is 10.5. The van der Waals surface area contributed by atoms with Gasteiger partial charge in [-0.1, -0.05) is 12.1 Å². The van der Waals surface area contributed by atoms with Crippen LogP contribution in [0.5, 0.6) is 0 Å². The maximum atomic E-state index is 12.4. The summed E-state index contributed by atoms with van der Waals surface area (Å²) in [5.74, 6) is -0.626. The second kappa shape index (κ2) is 12.3. The molecule has 8 nitrogen and oxygen atoms in total. The van der Waals surface area contributed by atoms with E-state index in [1.807, 2.05) is 18.7 Å². The van der Waals surface area contributed by atoms with Gasteiger partial charge in [0, 0.05) is 19.1 Å². The van der Waals surface area contributed by atoms with Gasteiger partial charge in [-0.15, -0.1) is 0 Å². The van der Waals surface area contributed by atoms with Crippen LogP contribution in [0, 0.1) is 5.92 Å². The Bertz CT molecular complexity index is 714. The molecule has 0 aromatic heterocycles. The molecule has 2 rings (SSSR count). The fraction of sp³-hybridized carbons (Fsp3) is 0.591. The van der Waals surface area contributed by atoms with Gasteiger partial charge >= 0.3 is 5.97 Å². The zero-order valence-electron chi connectivity index (χ0n) is 18.1. The minimum atomic E-state index is -0.492. The molecule has 0 bridgehead atoms. The summed E-state index contributed by atoms with van der Waals surface area (Å²) in [4.78, 5) is 38.6. The number of esters is 1. The second-order valence-corrected chi connectivity index (χ2v) is 7.70. The molecule has 1 aliphatic rings. The van der Waals surface area contributed by atoms with Crippen LogP contribution in [0.1, 0.15) is 43.5 Å². The predicted molar refractivity (Wildman–Crippen MR) is 114 cm³/mol. The number of rotatable bonds is 10. The molecule has 2 N–H and O–H groups in total. The predicted octanol–water partition coefficient (Wildman–Crippen LogP) is 2.05. The number of hydrogen-bond acceptors (Lipinski definition) is 6. The second-order valence-electron chi connectivity index (χ2n) is 7.70. The van der Waals surface area contributed by atoms with E-state index in [-0.39, 0.29) is 30.4 Å². The highest BCUT2D eigenvalue weighted by Gasteiger charge is 2.26. The normalized spacial score (nSPS) is 15.1. The summed E-state index contributed by atoms with van der Waals surface area (Å²) in [7, 11) is 1.31. The lowest BCUT2D eigenvalue weighted by atomic mass is 9.96. The molecule has 30 heavy (non-hydrogen) atoms. The minimum absolute atomic E-state index is 0.0182. The summed E-state index contributed by atoms with van der Waals surface area (Å²) in [6, 6.07) is 6.75. The molecule has 0 radical (unpaired) electrons. The number of piperidine rings is 1. The zero-order chi connectivity index (χ0) is 21.9. The molecule has 166 valence electrons. The third-order valence-electron chi connectivity index (χ3n) is 5.00. The fourth-order valence-corrected chi connectivity index (χ4v) is 3.37. The first-order valence-electron chi connectivity index (χ1n) is 10.5. The maximum absolute atomic E-state index is 12.4. The van der Waals surface area contributed by atoms with E-state index in [0.717, 1.165) is 19.3 Å². The highest BCUT2D eigenvalue weighted by Crippen LogP contribution is 2.19. The quantitative estimate of drug-likeness (QED) is 0.445. The molecule has 1 aromatic rings. The zero-order valence-corrected chi connectivity index (χ0v) is 18.1. The average Bonchev–Trinajstić information content (AvgIpc) is 2.73. The highest BCUT2D eigenvalue weighted by atomic mass is 16.5. The molecule has 0 saturated carbocycles. The van der Waals surface area contributed by atoms with Gasteiger partial charge in [-0.25, -0.2) is 4.79 Å². The number of carbonyl (C=O) groups is 3. The molecule has 1 aliphatic heterocycles. The lowest BCUT2D eigenvalue weighted by Gasteiger charge is -2.30. The first kappa shape index (κ1) is 23.8. The van der Waals surface area contributed by atoms with Crippen molar-refractivity contribution in [1.29, 1.82) is 0 Å². The van der Waals surface area contributed by atoms with E-state index in [1.54, 1.807) is 24.3 Å². The third kappa shape index (κ3) is 7.76. The molecule has 1 heterocycles. The van der Waals surface area contributed by atoms with Crippen LogP contribution < -0.4 is 10.6 Å². The Kier molecular flexibility index (Phi) is 9.76. The van der Waals surface area contributed by atoms with E-state index in [2.05, 4.69) is 10.6 Å². The number of carbonyl (C=O) groups excluding carboxylic acids is 3. The van der Waals surface area contributed by atoms with Gasteiger partial charge in [-0.05, 0) is 58.3 Å². The number of likely N-dealkylation sites (tertiary alicyclic amines) is 1. The van der Waals surface area contributed by atoms with Crippen molar-refractivity contribution in [3.63, 3.8) is 0 Å². The number of methoxy groups -OCH3 is 1. The standard InChI is InChI=1S/C22H33N3O5/c1-16(2)30-14-6-11-23-21(27)17-9-12-25(13-10-17)15-20(26)24-19-8-5-4-7-18(19)22(28)29-3/h4-5,7-8,16-17H,6,9-15H2,1-3H3,(H,23,27)(H,24,26). The fourth-order valence-electron chi connectivity index (χ4n) is 3.37. The molecular formula is C22H33N3O5. The van der Waals surface area contributed by atoms with Crippen LogP contribution in [0.25, 0.3) is 0 Å². The largest absolute Gasteiger partial charge is 0.465 e. The van der Waals surface area contributed by atoms with Crippen molar-refractivity contribution in [1.82, 2.24) is 10.2 Å². The van der Waals surface area contributed by atoms with Crippen LogP contribution in [0.4, 0.5) is 5.69 Å². The van der Waals surface area contributed by atoms with Gasteiger partial charge in [0.1, 0.15) is 0 Å². The third-order valence-corrected chi connectivity index (χ3v) is 5.00. The molecule has 2 amide bonds. The van der Waals surface area contributed by atoms with Crippen LogP contribution in [0.15, 0.2) is 24.3 Å². The number of ether oxygens (including phenoxy) is 2. The Morgan fingerprint density at radius 1 is 1.17 bits per heavy atom. The lowest BCUT2D eigenvalue weighted by molar-refractivity contribution is -0.126. The maximum Gasteiger partial charge on any atom is 0.339 e. The topological polar surface area (TPSA) is 97.0 Å². The van der Waals surface area contributed by atoms with Gasteiger partial charge in [-0.2, -0.15) is 0 Å². The summed E-state index contributed by atoms with van der Waals surface area (Å²) in [5.41, 5.74) is 0.757.